The van der Waals surface area contributed by atoms with Crippen LogP contribution in [0, 0.1) is 13.8 Å². The molecular weight excluding hydrogens is 438 g/mol. The molecule has 1 amide bonds. The lowest BCUT2D eigenvalue weighted by Gasteiger charge is -2.12. The van der Waals surface area contributed by atoms with Crippen LogP contribution in [0.1, 0.15) is 59.6 Å². The summed E-state index contributed by atoms with van der Waals surface area (Å²) in [5.74, 6) is 2.33. The van der Waals surface area contributed by atoms with E-state index in [1.165, 1.54) is 22.9 Å². The summed E-state index contributed by atoms with van der Waals surface area (Å²) in [4.78, 5) is 16.8. The van der Waals surface area contributed by atoms with E-state index < -0.39 is 0 Å². The van der Waals surface area contributed by atoms with Crippen LogP contribution in [0.15, 0.2) is 65.3 Å². The number of imidazole rings is 1. The summed E-state index contributed by atoms with van der Waals surface area (Å²) < 4.78 is 13.5. The minimum atomic E-state index is -0.154. The van der Waals surface area contributed by atoms with Gasteiger partial charge in [-0.2, -0.15) is 0 Å². The highest BCUT2D eigenvalue weighted by molar-refractivity contribution is 5.91. The van der Waals surface area contributed by atoms with Gasteiger partial charge >= 0.3 is 0 Å². The van der Waals surface area contributed by atoms with Gasteiger partial charge in [0, 0.05) is 19.5 Å². The van der Waals surface area contributed by atoms with E-state index in [1.54, 1.807) is 12.1 Å². The average Bonchev–Trinajstić information content (AvgIpc) is 3.52. The van der Waals surface area contributed by atoms with Crippen molar-refractivity contribution in [1.82, 2.24) is 14.9 Å². The van der Waals surface area contributed by atoms with Crippen molar-refractivity contribution in [3.8, 4) is 5.75 Å². The monoisotopic (exact) mass is 473 g/mol. The van der Waals surface area contributed by atoms with E-state index in [-0.39, 0.29) is 5.91 Å². The first-order valence-electron chi connectivity index (χ1n) is 12.6. The van der Waals surface area contributed by atoms with E-state index in [1.807, 2.05) is 12.1 Å². The van der Waals surface area contributed by atoms with Gasteiger partial charge in [0.05, 0.1) is 23.9 Å². The number of hydrogen-bond donors (Lipinski definition) is 1. The van der Waals surface area contributed by atoms with Gasteiger partial charge in [0.25, 0.3) is 5.91 Å². The number of furan rings is 1. The van der Waals surface area contributed by atoms with Gasteiger partial charge in [0.2, 0.25) is 0 Å². The molecule has 4 rings (SSSR count). The molecule has 0 saturated heterocycles. The van der Waals surface area contributed by atoms with Crippen molar-refractivity contribution in [3.05, 3.63) is 83.6 Å². The van der Waals surface area contributed by atoms with Crippen LogP contribution in [0.2, 0.25) is 0 Å². The fraction of sp³-hybridized carbons (Fsp3) is 0.379. The fourth-order valence-electron chi connectivity index (χ4n) is 4.28. The second kappa shape index (κ2) is 12.2. The topological polar surface area (TPSA) is 69.3 Å². The van der Waals surface area contributed by atoms with Crippen molar-refractivity contribution < 1.29 is 13.9 Å². The Bertz CT molecular complexity index is 1230. The molecule has 6 heteroatoms. The largest absolute Gasteiger partial charge is 0.493 e. The molecule has 0 atom stereocenters. The third-order valence-electron chi connectivity index (χ3n) is 6.43. The van der Waals surface area contributed by atoms with Crippen molar-refractivity contribution in [2.45, 2.75) is 58.9 Å². The van der Waals surface area contributed by atoms with E-state index in [9.17, 15) is 4.79 Å². The lowest BCUT2D eigenvalue weighted by Crippen LogP contribution is -2.23. The molecule has 2 heterocycles. The first kappa shape index (κ1) is 24.6. The molecule has 0 aliphatic carbocycles. The quantitative estimate of drug-likeness (QED) is 0.233. The normalized spacial score (nSPS) is 11.1. The minimum absolute atomic E-state index is 0.154. The Hall–Kier alpha value is -3.54. The van der Waals surface area contributed by atoms with Crippen LogP contribution in [0.5, 0.6) is 5.75 Å². The molecule has 2 aromatic heterocycles. The molecule has 0 fully saturated rings. The minimum Gasteiger partial charge on any atom is -0.493 e. The number of unbranched alkanes of at least 4 members (excludes halogenated alkanes) is 3. The van der Waals surface area contributed by atoms with Gasteiger partial charge in [0.15, 0.2) is 5.76 Å². The van der Waals surface area contributed by atoms with Crippen molar-refractivity contribution >= 4 is 16.9 Å². The Labute approximate surface area is 207 Å². The molecular formula is C29H35N3O3. The summed E-state index contributed by atoms with van der Waals surface area (Å²) in [6.07, 6.45) is 7.48. The van der Waals surface area contributed by atoms with E-state index in [2.05, 4.69) is 54.1 Å². The van der Waals surface area contributed by atoms with E-state index in [4.69, 9.17) is 14.1 Å². The Morgan fingerprint density at radius 1 is 0.971 bits per heavy atom. The zero-order chi connectivity index (χ0) is 24.5. The molecule has 0 spiro atoms. The van der Waals surface area contributed by atoms with Crippen molar-refractivity contribution in [3.63, 3.8) is 0 Å². The van der Waals surface area contributed by atoms with Crippen LogP contribution in [0.25, 0.3) is 11.0 Å². The number of aromatic nitrogens is 2. The van der Waals surface area contributed by atoms with E-state index in [0.29, 0.717) is 12.3 Å². The van der Waals surface area contributed by atoms with Gasteiger partial charge in [-0.1, -0.05) is 30.7 Å². The predicted molar refractivity (Wildman–Crippen MR) is 139 cm³/mol. The number of aryl methyl sites for hydroxylation is 3. The summed E-state index contributed by atoms with van der Waals surface area (Å²) in [6, 6.07) is 18.0. The molecule has 0 bridgehead atoms. The number of carbonyl (C=O) groups excluding carboxylic acids is 1. The van der Waals surface area contributed by atoms with Crippen LogP contribution < -0.4 is 10.1 Å². The smallest absolute Gasteiger partial charge is 0.286 e. The summed E-state index contributed by atoms with van der Waals surface area (Å²) in [5, 5.41) is 2.91. The highest BCUT2D eigenvalue weighted by Gasteiger charge is 2.11. The Kier molecular flexibility index (Phi) is 8.60. The molecule has 2 aromatic carbocycles. The Morgan fingerprint density at radius 3 is 2.71 bits per heavy atom. The van der Waals surface area contributed by atoms with Gasteiger partial charge in [0.1, 0.15) is 11.6 Å². The summed E-state index contributed by atoms with van der Waals surface area (Å²) in [6.45, 7) is 6.53. The van der Waals surface area contributed by atoms with Crippen molar-refractivity contribution in [2.75, 3.05) is 13.2 Å². The fourth-order valence-corrected chi connectivity index (χ4v) is 4.28. The molecule has 0 radical (unpaired) electrons. The summed E-state index contributed by atoms with van der Waals surface area (Å²) in [7, 11) is 0. The van der Waals surface area contributed by atoms with Crippen molar-refractivity contribution in [1.29, 1.82) is 0 Å². The maximum Gasteiger partial charge on any atom is 0.286 e. The molecule has 35 heavy (non-hydrogen) atoms. The second-order valence-corrected chi connectivity index (χ2v) is 8.97. The van der Waals surface area contributed by atoms with Crippen LogP contribution in [-0.2, 0) is 13.0 Å². The number of ether oxygens (including phenoxy) is 1. The maximum atomic E-state index is 11.9. The molecule has 0 aliphatic rings. The first-order valence-corrected chi connectivity index (χ1v) is 12.6. The third-order valence-corrected chi connectivity index (χ3v) is 6.43. The van der Waals surface area contributed by atoms with E-state index in [0.717, 1.165) is 68.8 Å². The van der Waals surface area contributed by atoms with Gasteiger partial charge in [-0.25, -0.2) is 4.98 Å². The lowest BCUT2D eigenvalue weighted by atomic mass is 10.1. The van der Waals surface area contributed by atoms with Crippen LogP contribution >= 0.6 is 0 Å². The summed E-state index contributed by atoms with van der Waals surface area (Å²) >= 11 is 0. The summed E-state index contributed by atoms with van der Waals surface area (Å²) in [5.41, 5.74) is 4.73. The van der Waals surface area contributed by atoms with Gasteiger partial charge in [-0.15, -0.1) is 0 Å². The SMILES string of the molecule is Cc1cccc(OCCCCn2c(CCCCCNC(=O)c3ccco3)nc3ccccc32)c1C. The van der Waals surface area contributed by atoms with Crippen LogP contribution in [0.4, 0.5) is 0 Å². The van der Waals surface area contributed by atoms with Gasteiger partial charge in [-0.3, -0.25) is 4.79 Å². The third kappa shape index (κ3) is 6.53. The van der Waals surface area contributed by atoms with E-state index >= 15 is 0 Å². The lowest BCUT2D eigenvalue weighted by molar-refractivity contribution is 0.0925. The second-order valence-electron chi connectivity index (χ2n) is 8.97. The highest BCUT2D eigenvalue weighted by Crippen LogP contribution is 2.22. The van der Waals surface area contributed by atoms with Gasteiger partial charge < -0.3 is 19.0 Å². The number of carbonyl (C=O) groups is 1. The number of para-hydroxylation sites is 2. The first-order chi connectivity index (χ1) is 17.1. The standard InChI is InChI=1S/C29H35N3O3/c1-22-12-10-15-26(23(22)2)34-20-9-8-19-32-25-14-6-5-13-24(25)31-28(32)17-4-3-7-18-30-29(33)27-16-11-21-35-27/h5-6,10-16,21H,3-4,7-9,17-20H2,1-2H3,(H,30,33). The van der Waals surface area contributed by atoms with Crippen LogP contribution in [0.3, 0.4) is 0 Å². The number of hydrogen-bond acceptors (Lipinski definition) is 4. The number of rotatable bonds is 13. The average molecular weight is 474 g/mol. The van der Waals surface area contributed by atoms with Crippen molar-refractivity contribution in [2.24, 2.45) is 0 Å². The Morgan fingerprint density at radius 2 is 1.86 bits per heavy atom. The number of amides is 1. The number of nitrogens with one attached hydrogen (secondary N) is 1. The van der Waals surface area contributed by atoms with Gasteiger partial charge in [-0.05, 0) is 81.0 Å². The number of fused-ring (bicyclic) bond motifs is 1. The highest BCUT2D eigenvalue weighted by atomic mass is 16.5. The Balaban J connectivity index is 1.23. The molecule has 0 aliphatic heterocycles. The number of nitrogens with zero attached hydrogens (tertiary/aromatic N) is 2. The zero-order valence-electron chi connectivity index (χ0n) is 20.8. The van der Waals surface area contributed by atoms with Crippen LogP contribution in [-0.4, -0.2) is 28.6 Å². The molecule has 6 nitrogen and oxygen atoms in total. The maximum absolute atomic E-state index is 11.9. The molecule has 4 aromatic rings. The zero-order valence-corrected chi connectivity index (χ0v) is 20.8. The molecule has 1 N–H and O–H groups in total. The number of benzene rings is 2. The predicted octanol–water partition coefficient (Wildman–Crippen LogP) is 6.25. The molecule has 0 unspecified atom stereocenters. The molecule has 0 saturated carbocycles. The molecule has 184 valence electrons.